The summed E-state index contributed by atoms with van der Waals surface area (Å²) < 4.78 is 0. The van der Waals surface area contributed by atoms with Crippen molar-refractivity contribution >= 4 is 30.1 Å². The molecular weight excluding hydrogens is 254 g/mol. The molecule has 0 saturated heterocycles. The quantitative estimate of drug-likeness (QED) is 0.791. The molecule has 0 aromatic heterocycles. The molecule has 0 aliphatic heterocycles. The highest BCUT2D eigenvalue weighted by Gasteiger charge is 2.42. The van der Waals surface area contributed by atoms with Gasteiger partial charge < -0.3 is 5.32 Å². The third kappa shape index (κ3) is 3.39. The topological polar surface area (TPSA) is 29.1 Å². The molecule has 4 heteroatoms. The summed E-state index contributed by atoms with van der Waals surface area (Å²) in [4.78, 5) is 11.8. The van der Waals surface area contributed by atoms with Gasteiger partial charge in [0.1, 0.15) is 0 Å². The van der Waals surface area contributed by atoms with E-state index < -0.39 is 0 Å². The number of rotatable bonds is 5. The molecule has 1 saturated carbocycles. The highest BCUT2D eigenvalue weighted by atomic mass is 35.5. The lowest BCUT2D eigenvalue weighted by atomic mass is 10.1. The fraction of sp³-hybridized carbons (Fsp3) is 0.462. The van der Waals surface area contributed by atoms with Crippen LogP contribution in [0.2, 0.25) is 5.02 Å². The van der Waals surface area contributed by atoms with E-state index in [1.807, 2.05) is 24.3 Å². The normalized spacial score (nSPS) is 16.6. The monoisotopic (exact) mass is 269 g/mol. The zero-order chi connectivity index (χ0) is 12.3. The molecule has 1 N–H and O–H groups in total. The van der Waals surface area contributed by atoms with E-state index in [2.05, 4.69) is 17.9 Å². The molecule has 1 amide bonds. The third-order valence-electron chi connectivity index (χ3n) is 3.26. The molecule has 2 nitrogen and oxygen atoms in total. The summed E-state index contributed by atoms with van der Waals surface area (Å²) in [5.74, 6) is 0.892. The molecular formula is C13H16ClNOS. The molecule has 92 valence electrons. The van der Waals surface area contributed by atoms with Crippen molar-refractivity contribution in [1.29, 1.82) is 0 Å². The van der Waals surface area contributed by atoms with E-state index in [-0.39, 0.29) is 11.3 Å². The van der Waals surface area contributed by atoms with Crippen LogP contribution in [0.1, 0.15) is 24.8 Å². The minimum absolute atomic E-state index is 0.0940. The summed E-state index contributed by atoms with van der Waals surface area (Å²) in [5, 5.41) is 3.61. The van der Waals surface area contributed by atoms with Gasteiger partial charge in [0.05, 0.1) is 0 Å². The summed E-state index contributed by atoms with van der Waals surface area (Å²) in [5.41, 5.74) is 1.13. The van der Waals surface area contributed by atoms with Crippen LogP contribution in [0.3, 0.4) is 0 Å². The number of nitrogens with one attached hydrogen (secondary N) is 1. The smallest absolute Gasteiger partial charge is 0.220 e. The Bertz CT molecular complexity index is 418. The van der Waals surface area contributed by atoms with Gasteiger partial charge in [-0.1, -0.05) is 29.8 Å². The van der Waals surface area contributed by atoms with Gasteiger partial charge in [-0.25, -0.2) is 0 Å². The third-order valence-corrected chi connectivity index (χ3v) is 4.30. The van der Waals surface area contributed by atoms with Crippen molar-refractivity contribution in [2.45, 2.75) is 25.8 Å². The standard InChI is InChI=1S/C13H16ClNOS/c14-11-4-2-1-3-10(11)8-15-12(16)7-13(9-17)5-6-13/h1-4,17H,5-9H2,(H,15,16). The lowest BCUT2D eigenvalue weighted by Crippen LogP contribution is -2.26. The molecule has 0 spiro atoms. The number of hydrogen-bond donors (Lipinski definition) is 2. The Balaban J connectivity index is 1.82. The second kappa shape index (κ2) is 5.32. The lowest BCUT2D eigenvalue weighted by molar-refractivity contribution is -0.122. The van der Waals surface area contributed by atoms with E-state index in [9.17, 15) is 4.79 Å². The maximum Gasteiger partial charge on any atom is 0.220 e. The Hall–Kier alpha value is -0.670. The Kier molecular flexibility index (Phi) is 4.00. The van der Waals surface area contributed by atoms with E-state index in [0.717, 1.165) is 24.2 Å². The van der Waals surface area contributed by atoms with Crippen molar-refractivity contribution in [2.24, 2.45) is 5.41 Å². The first-order valence-corrected chi connectivity index (χ1v) is 6.77. The number of halogens is 1. The minimum atomic E-state index is 0.0940. The van der Waals surface area contributed by atoms with Gasteiger partial charge in [0.2, 0.25) is 5.91 Å². The van der Waals surface area contributed by atoms with Crippen molar-refractivity contribution in [2.75, 3.05) is 5.75 Å². The molecule has 0 atom stereocenters. The van der Waals surface area contributed by atoms with Crippen LogP contribution in [0.25, 0.3) is 0 Å². The van der Waals surface area contributed by atoms with Gasteiger partial charge in [-0.2, -0.15) is 12.6 Å². The molecule has 0 radical (unpaired) electrons. The molecule has 1 fully saturated rings. The average Bonchev–Trinajstić information content (AvgIpc) is 3.08. The maximum atomic E-state index is 11.8. The van der Waals surface area contributed by atoms with Crippen LogP contribution in [0, 0.1) is 5.41 Å². The van der Waals surface area contributed by atoms with E-state index in [1.165, 1.54) is 0 Å². The van der Waals surface area contributed by atoms with Gasteiger partial charge >= 0.3 is 0 Å². The maximum absolute atomic E-state index is 11.8. The average molecular weight is 270 g/mol. The van der Waals surface area contributed by atoms with Gasteiger partial charge in [-0.15, -0.1) is 0 Å². The molecule has 0 bridgehead atoms. The van der Waals surface area contributed by atoms with Gasteiger partial charge in [0.25, 0.3) is 0 Å². The summed E-state index contributed by atoms with van der Waals surface area (Å²) in [6.45, 7) is 0.501. The number of benzene rings is 1. The summed E-state index contributed by atoms with van der Waals surface area (Å²) in [6.07, 6.45) is 2.83. The summed E-state index contributed by atoms with van der Waals surface area (Å²) in [6, 6.07) is 7.56. The van der Waals surface area contributed by atoms with Gasteiger partial charge in [0.15, 0.2) is 0 Å². The van der Waals surface area contributed by atoms with Crippen molar-refractivity contribution in [3.8, 4) is 0 Å². The first kappa shape index (κ1) is 12.8. The van der Waals surface area contributed by atoms with Gasteiger partial charge in [-0.05, 0) is 35.6 Å². The predicted octanol–water partition coefficient (Wildman–Crippen LogP) is 3.06. The molecule has 17 heavy (non-hydrogen) atoms. The Labute approximate surface area is 112 Å². The van der Waals surface area contributed by atoms with Crippen molar-refractivity contribution < 1.29 is 4.79 Å². The first-order valence-electron chi connectivity index (χ1n) is 5.76. The van der Waals surface area contributed by atoms with Crippen LogP contribution < -0.4 is 5.32 Å². The van der Waals surface area contributed by atoms with E-state index in [0.29, 0.717) is 18.0 Å². The van der Waals surface area contributed by atoms with Crippen LogP contribution in [-0.4, -0.2) is 11.7 Å². The Morgan fingerprint density at radius 3 is 2.71 bits per heavy atom. The van der Waals surface area contributed by atoms with Crippen LogP contribution in [0.5, 0.6) is 0 Å². The fourth-order valence-corrected chi connectivity index (χ4v) is 2.44. The fourth-order valence-electron chi connectivity index (χ4n) is 1.81. The zero-order valence-corrected chi connectivity index (χ0v) is 11.2. The van der Waals surface area contributed by atoms with Crippen LogP contribution in [0.4, 0.5) is 0 Å². The summed E-state index contributed by atoms with van der Waals surface area (Å²) in [7, 11) is 0. The van der Waals surface area contributed by atoms with Crippen LogP contribution in [0.15, 0.2) is 24.3 Å². The Morgan fingerprint density at radius 1 is 1.41 bits per heavy atom. The second-order valence-electron chi connectivity index (χ2n) is 4.70. The number of carbonyl (C=O) groups is 1. The van der Waals surface area contributed by atoms with Crippen molar-refractivity contribution in [3.05, 3.63) is 34.9 Å². The van der Waals surface area contributed by atoms with E-state index in [1.54, 1.807) is 0 Å². The van der Waals surface area contributed by atoms with E-state index >= 15 is 0 Å². The van der Waals surface area contributed by atoms with E-state index in [4.69, 9.17) is 11.6 Å². The molecule has 2 rings (SSSR count). The first-order chi connectivity index (χ1) is 8.15. The summed E-state index contributed by atoms with van der Waals surface area (Å²) >= 11 is 10.3. The highest BCUT2D eigenvalue weighted by molar-refractivity contribution is 7.80. The minimum Gasteiger partial charge on any atom is -0.352 e. The highest BCUT2D eigenvalue weighted by Crippen LogP contribution is 2.49. The van der Waals surface area contributed by atoms with Crippen LogP contribution >= 0.6 is 24.2 Å². The number of thiol groups is 1. The van der Waals surface area contributed by atoms with Gasteiger partial charge in [-0.3, -0.25) is 4.79 Å². The van der Waals surface area contributed by atoms with Crippen LogP contribution in [-0.2, 0) is 11.3 Å². The molecule has 0 unspecified atom stereocenters. The van der Waals surface area contributed by atoms with Gasteiger partial charge in [0, 0.05) is 18.0 Å². The largest absolute Gasteiger partial charge is 0.352 e. The molecule has 1 aromatic rings. The molecule has 1 aromatic carbocycles. The SMILES string of the molecule is O=C(CC1(CS)CC1)NCc1ccccc1Cl. The molecule has 1 aliphatic carbocycles. The predicted molar refractivity (Wildman–Crippen MR) is 73.4 cm³/mol. The second-order valence-corrected chi connectivity index (χ2v) is 5.43. The number of amides is 1. The molecule has 1 aliphatic rings. The van der Waals surface area contributed by atoms with Crippen molar-refractivity contribution in [1.82, 2.24) is 5.32 Å². The lowest BCUT2D eigenvalue weighted by Gasteiger charge is -2.12. The van der Waals surface area contributed by atoms with Crippen molar-refractivity contribution in [3.63, 3.8) is 0 Å². The molecule has 0 heterocycles. The zero-order valence-electron chi connectivity index (χ0n) is 9.58. The number of hydrogen-bond acceptors (Lipinski definition) is 2. The number of carbonyl (C=O) groups excluding carboxylic acids is 1. The Morgan fingerprint density at radius 2 is 2.12 bits per heavy atom.